The van der Waals surface area contributed by atoms with Crippen LogP contribution in [-0.2, 0) is 6.54 Å². The molecule has 1 aromatic carbocycles. The predicted molar refractivity (Wildman–Crippen MR) is 87.7 cm³/mol. The van der Waals surface area contributed by atoms with Crippen molar-refractivity contribution >= 4 is 17.3 Å². The molecule has 112 valence electrons. The van der Waals surface area contributed by atoms with Crippen LogP contribution in [0, 0.1) is 0 Å². The van der Waals surface area contributed by atoms with Gasteiger partial charge in [-0.15, -0.1) is 0 Å². The van der Waals surface area contributed by atoms with Gasteiger partial charge in [-0.3, -0.25) is 0 Å². The summed E-state index contributed by atoms with van der Waals surface area (Å²) in [5, 5.41) is 4.27. The topological polar surface area (TPSA) is 18.5 Å². The highest BCUT2D eigenvalue weighted by Gasteiger charge is 2.21. The van der Waals surface area contributed by atoms with Crippen LogP contribution < -0.4 is 10.2 Å². The summed E-state index contributed by atoms with van der Waals surface area (Å²) in [5.74, 6) is 0. The minimum atomic E-state index is 0.476. The van der Waals surface area contributed by atoms with Crippen molar-refractivity contribution in [3.05, 3.63) is 28.8 Å². The molecule has 20 heavy (non-hydrogen) atoms. The van der Waals surface area contributed by atoms with Crippen molar-refractivity contribution in [2.75, 3.05) is 31.6 Å². The number of hydrogen-bond acceptors (Lipinski definition) is 3. The lowest BCUT2D eigenvalue weighted by molar-refractivity contribution is 0.234. The van der Waals surface area contributed by atoms with E-state index >= 15 is 0 Å². The number of halogens is 1. The molecule has 1 aliphatic heterocycles. The number of likely N-dealkylation sites (N-methyl/N-ethyl adjacent to an activating group) is 1. The molecule has 1 heterocycles. The van der Waals surface area contributed by atoms with Crippen LogP contribution in [0.25, 0.3) is 0 Å². The summed E-state index contributed by atoms with van der Waals surface area (Å²) in [4.78, 5) is 4.83. The van der Waals surface area contributed by atoms with Crippen LogP contribution in [0.2, 0.25) is 5.02 Å². The number of hydrogen-bond donors (Lipinski definition) is 1. The maximum absolute atomic E-state index is 6.42. The summed E-state index contributed by atoms with van der Waals surface area (Å²) >= 11 is 6.42. The van der Waals surface area contributed by atoms with Crippen molar-refractivity contribution in [1.82, 2.24) is 10.2 Å². The molecule has 4 heteroatoms. The quantitative estimate of drug-likeness (QED) is 0.921. The highest BCUT2D eigenvalue weighted by Crippen LogP contribution is 2.25. The smallest absolute Gasteiger partial charge is 0.0471 e. The van der Waals surface area contributed by atoms with E-state index in [0.717, 1.165) is 31.2 Å². The van der Waals surface area contributed by atoms with E-state index in [4.69, 9.17) is 11.6 Å². The lowest BCUT2D eigenvalue weighted by atomic mass is 10.1. The van der Waals surface area contributed by atoms with Gasteiger partial charge in [-0.05, 0) is 31.7 Å². The maximum Gasteiger partial charge on any atom is 0.0471 e. The van der Waals surface area contributed by atoms with E-state index in [1.165, 1.54) is 11.3 Å². The van der Waals surface area contributed by atoms with Crippen LogP contribution in [0.15, 0.2) is 18.2 Å². The Morgan fingerprint density at radius 2 is 2.10 bits per heavy atom. The molecule has 0 spiro atoms. The number of benzene rings is 1. The molecule has 0 saturated carbocycles. The fourth-order valence-corrected chi connectivity index (χ4v) is 2.71. The molecule has 0 bridgehead atoms. The molecule has 1 aromatic rings. The van der Waals surface area contributed by atoms with Crippen LogP contribution in [0.3, 0.4) is 0 Å². The first-order valence-electron chi connectivity index (χ1n) is 7.44. The Labute approximate surface area is 127 Å². The lowest BCUT2D eigenvalue weighted by Gasteiger charge is -2.39. The molecular formula is C16H26ClN3. The molecule has 0 radical (unpaired) electrons. The average molecular weight is 296 g/mol. The fraction of sp³-hybridized carbons (Fsp3) is 0.625. The Hall–Kier alpha value is -0.770. The SMILES string of the molecule is CC(C)NCc1ccc(N2CCN(C)C(C)C2)cc1Cl. The standard InChI is InChI=1S/C16H26ClN3/c1-12(2)18-10-14-5-6-15(9-16(14)17)20-8-7-19(4)13(3)11-20/h5-6,9,12-13,18H,7-8,10-11H2,1-4H3. The van der Waals surface area contributed by atoms with E-state index in [0.29, 0.717) is 12.1 Å². The van der Waals surface area contributed by atoms with Gasteiger partial charge >= 0.3 is 0 Å². The van der Waals surface area contributed by atoms with Crippen LogP contribution in [-0.4, -0.2) is 43.7 Å². The summed E-state index contributed by atoms with van der Waals surface area (Å²) in [6.07, 6.45) is 0. The molecule has 1 saturated heterocycles. The minimum Gasteiger partial charge on any atom is -0.369 e. The van der Waals surface area contributed by atoms with E-state index in [9.17, 15) is 0 Å². The monoisotopic (exact) mass is 295 g/mol. The molecule has 0 aromatic heterocycles. The van der Waals surface area contributed by atoms with Gasteiger partial charge in [0.05, 0.1) is 0 Å². The first-order chi connectivity index (χ1) is 9.47. The highest BCUT2D eigenvalue weighted by molar-refractivity contribution is 6.31. The summed E-state index contributed by atoms with van der Waals surface area (Å²) in [6.45, 7) is 10.6. The highest BCUT2D eigenvalue weighted by atomic mass is 35.5. The molecule has 1 aliphatic rings. The van der Waals surface area contributed by atoms with Gasteiger partial charge in [0.25, 0.3) is 0 Å². The van der Waals surface area contributed by atoms with Gasteiger partial charge in [-0.1, -0.05) is 31.5 Å². The Morgan fingerprint density at radius 1 is 1.35 bits per heavy atom. The molecule has 1 N–H and O–H groups in total. The summed E-state index contributed by atoms with van der Waals surface area (Å²) < 4.78 is 0. The molecule has 0 amide bonds. The average Bonchev–Trinajstić information content (AvgIpc) is 2.40. The Bertz CT molecular complexity index is 447. The van der Waals surface area contributed by atoms with Gasteiger partial charge in [0.2, 0.25) is 0 Å². The van der Waals surface area contributed by atoms with E-state index < -0.39 is 0 Å². The third kappa shape index (κ3) is 3.87. The van der Waals surface area contributed by atoms with Crippen molar-refractivity contribution in [3.63, 3.8) is 0 Å². The van der Waals surface area contributed by atoms with Crippen molar-refractivity contribution in [3.8, 4) is 0 Å². The molecular weight excluding hydrogens is 270 g/mol. The van der Waals surface area contributed by atoms with Crippen LogP contribution >= 0.6 is 11.6 Å². The summed E-state index contributed by atoms with van der Waals surface area (Å²) in [5.41, 5.74) is 2.41. The number of anilines is 1. The molecule has 3 nitrogen and oxygen atoms in total. The number of nitrogens with one attached hydrogen (secondary N) is 1. The zero-order valence-electron chi connectivity index (χ0n) is 13.0. The summed E-state index contributed by atoms with van der Waals surface area (Å²) in [7, 11) is 2.19. The van der Waals surface area contributed by atoms with Crippen LogP contribution in [0.4, 0.5) is 5.69 Å². The van der Waals surface area contributed by atoms with Crippen LogP contribution in [0.1, 0.15) is 26.3 Å². The van der Waals surface area contributed by atoms with Crippen molar-refractivity contribution in [2.45, 2.75) is 39.4 Å². The second-order valence-corrected chi connectivity index (χ2v) is 6.49. The van der Waals surface area contributed by atoms with Crippen molar-refractivity contribution in [2.24, 2.45) is 0 Å². The zero-order chi connectivity index (χ0) is 14.7. The van der Waals surface area contributed by atoms with Gasteiger partial charge < -0.3 is 15.1 Å². The number of rotatable bonds is 4. The fourth-order valence-electron chi connectivity index (χ4n) is 2.47. The Morgan fingerprint density at radius 3 is 2.70 bits per heavy atom. The zero-order valence-corrected chi connectivity index (χ0v) is 13.7. The lowest BCUT2D eigenvalue weighted by Crippen LogP contribution is -2.50. The van der Waals surface area contributed by atoms with Crippen molar-refractivity contribution < 1.29 is 0 Å². The van der Waals surface area contributed by atoms with Gasteiger partial charge in [-0.2, -0.15) is 0 Å². The summed E-state index contributed by atoms with van der Waals surface area (Å²) in [6, 6.07) is 7.52. The molecule has 1 unspecified atom stereocenters. The van der Waals surface area contributed by atoms with E-state index in [2.05, 4.69) is 61.1 Å². The Balaban J connectivity index is 2.05. The normalized spacial score (nSPS) is 20.7. The van der Waals surface area contributed by atoms with E-state index in [1.54, 1.807) is 0 Å². The number of nitrogens with zero attached hydrogens (tertiary/aromatic N) is 2. The first-order valence-corrected chi connectivity index (χ1v) is 7.82. The first kappa shape index (κ1) is 15.6. The predicted octanol–water partition coefficient (Wildman–Crippen LogP) is 2.98. The van der Waals surface area contributed by atoms with Crippen molar-refractivity contribution in [1.29, 1.82) is 0 Å². The maximum atomic E-state index is 6.42. The molecule has 1 fully saturated rings. The van der Waals surface area contributed by atoms with E-state index in [1.807, 2.05) is 0 Å². The molecule has 1 atom stereocenters. The largest absolute Gasteiger partial charge is 0.369 e. The van der Waals surface area contributed by atoms with E-state index in [-0.39, 0.29) is 0 Å². The van der Waals surface area contributed by atoms with Gasteiger partial charge in [0.15, 0.2) is 0 Å². The molecule has 0 aliphatic carbocycles. The van der Waals surface area contributed by atoms with Gasteiger partial charge in [-0.25, -0.2) is 0 Å². The minimum absolute atomic E-state index is 0.476. The second-order valence-electron chi connectivity index (χ2n) is 6.09. The third-order valence-electron chi connectivity index (χ3n) is 4.06. The second kappa shape index (κ2) is 6.79. The molecule has 2 rings (SSSR count). The Kier molecular flexibility index (Phi) is 5.30. The van der Waals surface area contributed by atoms with Crippen LogP contribution in [0.5, 0.6) is 0 Å². The van der Waals surface area contributed by atoms with Gasteiger partial charge in [0.1, 0.15) is 0 Å². The number of piperazine rings is 1. The third-order valence-corrected chi connectivity index (χ3v) is 4.41. The van der Waals surface area contributed by atoms with Gasteiger partial charge in [0, 0.05) is 49.0 Å².